The van der Waals surface area contributed by atoms with Gasteiger partial charge in [0, 0.05) is 12.7 Å². The summed E-state index contributed by atoms with van der Waals surface area (Å²) in [6.07, 6.45) is 1.98. The van der Waals surface area contributed by atoms with E-state index in [1.54, 1.807) is 12.1 Å². The molecule has 0 bridgehead atoms. The summed E-state index contributed by atoms with van der Waals surface area (Å²) < 4.78 is 2.01. The van der Waals surface area contributed by atoms with Crippen molar-refractivity contribution in [3.8, 4) is 5.75 Å². The van der Waals surface area contributed by atoms with Gasteiger partial charge in [-0.05, 0) is 35.7 Å². The largest absolute Gasteiger partial charge is 0.508 e. The lowest BCUT2D eigenvalue weighted by Crippen LogP contribution is -2.27. The lowest BCUT2D eigenvalue weighted by molar-refractivity contribution is 0.389. The van der Waals surface area contributed by atoms with Gasteiger partial charge in [0.05, 0.1) is 6.04 Å². The van der Waals surface area contributed by atoms with Gasteiger partial charge in [-0.3, -0.25) is 4.40 Å². The van der Waals surface area contributed by atoms with E-state index in [1.807, 2.05) is 40.9 Å². The molecule has 0 aliphatic rings. The molecule has 0 saturated carbocycles. The van der Waals surface area contributed by atoms with Crippen LogP contribution in [0.2, 0.25) is 0 Å². The van der Waals surface area contributed by atoms with Crippen LogP contribution in [0.15, 0.2) is 48.7 Å². The van der Waals surface area contributed by atoms with Crippen molar-refractivity contribution in [3.63, 3.8) is 0 Å². The van der Waals surface area contributed by atoms with Crippen LogP contribution in [0.1, 0.15) is 31.3 Å². The highest BCUT2D eigenvalue weighted by Crippen LogP contribution is 2.21. The van der Waals surface area contributed by atoms with Gasteiger partial charge in [0.25, 0.3) is 0 Å². The molecule has 1 atom stereocenters. The Morgan fingerprint density at radius 2 is 2.00 bits per heavy atom. The van der Waals surface area contributed by atoms with E-state index < -0.39 is 0 Å². The molecule has 0 aliphatic carbocycles. The lowest BCUT2D eigenvalue weighted by Gasteiger charge is -2.21. The number of rotatable bonds is 5. The van der Waals surface area contributed by atoms with Crippen LogP contribution >= 0.6 is 0 Å². The number of pyridine rings is 1. The molecule has 2 aromatic heterocycles. The number of benzene rings is 1. The fraction of sp³-hybridized carbons (Fsp3) is 0.294. The van der Waals surface area contributed by atoms with Gasteiger partial charge in [0.1, 0.15) is 5.75 Å². The molecular formula is C17H20N4O. The molecule has 5 heteroatoms. The Kier molecular flexibility index (Phi) is 4.06. The Hall–Kier alpha value is -2.40. The van der Waals surface area contributed by atoms with Gasteiger partial charge < -0.3 is 10.4 Å². The van der Waals surface area contributed by atoms with Crippen LogP contribution in [-0.4, -0.2) is 19.7 Å². The van der Waals surface area contributed by atoms with E-state index in [1.165, 1.54) is 0 Å². The van der Waals surface area contributed by atoms with Gasteiger partial charge in [0.2, 0.25) is 0 Å². The minimum atomic E-state index is 0.0831. The second-order valence-corrected chi connectivity index (χ2v) is 5.76. The summed E-state index contributed by atoms with van der Waals surface area (Å²) >= 11 is 0. The highest BCUT2D eigenvalue weighted by molar-refractivity contribution is 5.37. The van der Waals surface area contributed by atoms with Crippen molar-refractivity contribution in [3.05, 3.63) is 60.0 Å². The van der Waals surface area contributed by atoms with Crippen molar-refractivity contribution >= 4 is 5.65 Å². The zero-order chi connectivity index (χ0) is 15.5. The highest BCUT2D eigenvalue weighted by Gasteiger charge is 2.21. The van der Waals surface area contributed by atoms with E-state index in [4.69, 9.17) is 0 Å². The Balaban J connectivity index is 1.84. The van der Waals surface area contributed by atoms with Crippen LogP contribution < -0.4 is 5.32 Å². The van der Waals surface area contributed by atoms with Crippen LogP contribution in [0, 0.1) is 5.92 Å². The molecule has 0 aliphatic heterocycles. The van der Waals surface area contributed by atoms with Crippen molar-refractivity contribution in [2.24, 2.45) is 5.92 Å². The molecule has 22 heavy (non-hydrogen) atoms. The molecule has 114 valence electrons. The first-order valence-corrected chi connectivity index (χ1v) is 7.46. The molecule has 0 fully saturated rings. The van der Waals surface area contributed by atoms with Gasteiger partial charge in [-0.2, -0.15) is 0 Å². The van der Waals surface area contributed by atoms with E-state index in [2.05, 4.69) is 29.4 Å². The minimum Gasteiger partial charge on any atom is -0.508 e. The molecule has 0 unspecified atom stereocenters. The number of nitrogens with zero attached hydrogens (tertiary/aromatic N) is 3. The van der Waals surface area contributed by atoms with Crippen LogP contribution in [-0.2, 0) is 6.54 Å². The smallest absolute Gasteiger partial charge is 0.160 e. The maximum absolute atomic E-state index is 9.56. The standard InChI is InChI=1S/C17H20N4O/c1-12(2)16(18-11-13-6-5-7-14(22)10-13)17-20-19-15-8-3-4-9-21(15)17/h3-10,12,16,18,22H,11H2,1-2H3/t16-/m1/s1. The van der Waals surface area contributed by atoms with Crippen molar-refractivity contribution in [2.45, 2.75) is 26.4 Å². The molecule has 5 nitrogen and oxygen atoms in total. The van der Waals surface area contributed by atoms with E-state index in [9.17, 15) is 5.11 Å². The van der Waals surface area contributed by atoms with Gasteiger partial charge in [0.15, 0.2) is 11.5 Å². The zero-order valence-electron chi connectivity index (χ0n) is 12.8. The first-order valence-electron chi connectivity index (χ1n) is 7.46. The summed E-state index contributed by atoms with van der Waals surface area (Å²) in [6.45, 7) is 4.98. The topological polar surface area (TPSA) is 62.5 Å². The number of aromatic hydroxyl groups is 1. The molecule has 2 heterocycles. The summed E-state index contributed by atoms with van der Waals surface area (Å²) in [4.78, 5) is 0. The number of phenolic OH excluding ortho intramolecular Hbond substituents is 1. The fourth-order valence-electron chi connectivity index (χ4n) is 2.59. The summed E-state index contributed by atoms with van der Waals surface area (Å²) in [5, 5.41) is 21.7. The van der Waals surface area contributed by atoms with Gasteiger partial charge >= 0.3 is 0 Å². The maximum Gasteiger partial charge on any atom is 0.160 e. The van der Waals surface area contributed by atoms with Crippen molar-refractivity contribution in [1.82, 2.24) is 19.9 Å². The summed E-state index contributed by atoms with van der Waals surface area (Å²) in [7, 11) is 0. The molecule has 0 saturated heterocycles. The van der Waals surface area contributed by atoms with Gasteiger partial charge in [-0.1, -0.05) is 32.0 Å². The predicted molar refractivity (Wildman–Crippen MR) is 85.5 cm³/mol. The number of fused-ring (bicyclic) bond motifs is 1. The average molecular weight is 296 g/mol. The van der Waals surface area contributed by atoms with E-state index >= 15 is 0 Å². The Morgan fingerprint density at radius 1 is 1.14 bits per heavy atom. The molecule has 0 radical (unpaired) electrons. The highest BCUT2D eigenvalue weighted by atomic mass is 16.3. The number of nitrogens with one attached hydrogen (secondary N) is 1. The molecule has 0 spiro atoms. The van der Waals surface area contributed by atoms with Gasteiger partial charge in [-0.25, -0.2) is 0 Å². The molecule has 3 aromatic rings. The summed E-state index contributed by atoms with van der Waals surface area (Å²) in [5.41, 5.74) is 1.89. The third kappa shape index (κ3) is 2.94. The fourth-order valence-corrected chi connectivity index (χ4v) is 2.59. The minimum absolute atomic E-state index is 0.0831. The Labute approximate surface area is 129 Å². The van der Waals surface area contributed by atoms with Crippen LogP contribution in [0.25, 0.3) is 5.65 Å². The molecule has 1 aromatic carbocycles. The van der Waals surface area contributed by atoms with Crippen molar-refractivity contribution in [1.29, 1.82) is 0 Å². The first-order chi connectivity index (χ1) is 10.6. The predicted octanol–water partition coefficient (Wildman–Crippen LogP) is 2.92. The van der Waals surface area contributed by atoms with Crippen LogP contribution in [0.5, 0.6) is 5.75 Å². The SMILES string of the molecule is CC(C)[C@@H](NCc1cccc(O)c1)c1nnc2ccccn12. The van der Waals surface area contributed by atoms with Crippen molar-refractivity contribution in [2.75, 3.05) is 0 Å². The van der Waals surface area contributed by atoms with E-state index in [0.29, 0.717) is 12.5 Å². The zero-order valence-corrected chi connectivity index (χ0v) is 12.8. The Bertz CT molecular complexity index is 766. The normalized spacial score (nSPS) is 12.9. The van der Waals surface area contributed by atoms with Crippen molar-refractivity contribution < 1.29 is 5.11 Å². The molecule has 2 N–H and O–H groups in total. The number of hydrogen-bond donors (Lipinski definition) is 2. The maximum atomic E-state index is 9.56. The molecule has 3 rings (SSSR count). The van der Waals surface area contributed by atoms with E-state index in [0.717, 1.165) is 17.0 Å². The van der Waals surface area contributed by atoms with Gasteiger partial charge in [-0.15, -0.1) is 10.2 Å². The quantitative estimate of drug-likeness (QED) is 0.760. The third-order valence-electron chi connectivity index (χ3n) is 3.72. The van der Waals surface area contributed by atoms with Crippen LogP contribution in [0.4, 0.5) is 0 Å². The number of phenols is 1. The number of aromatic nitrogens is 3. The van der Waals surface area contributed by atoms with E-state index in [-0.39, 0.29) is 11.8 Å². The third-order valence-corrected chi connectivity index (χ3v) is 3.72. The second-order valence-electron chi connectivity index (χ2n) is 5.76. The number of hydrogen-bond acceptors (Lipinski definition) is 4. The first kappa shape index (κ1) is 14.5. The monoisotopic (exact) mass is 296 g/mol. The summed E-state index contributed by atoms with van der Waals surface area (Å²) in [6, 6.07) is 13.3. The second kappa shape index (κ2) is 6.15. The molecule has 0 amide bonds. The van der Waals surface area contributed by atoms with Crippen LogP contribution in [0.3, 0.4) is 0 Å². The molecular weight excluding hydrogens is 276 g/mol. The lowest BCUT2D eigenvalue weighted by atomic mass is 10.0. The Morgan fingerprint density at radius 3 is 2.77 bits per heavy atom. The average Bonchev–Trinajstić information content (AvgIpc) is 2.91. The summed E-state index contributed by atoms with van der Waals surface area (Å²) in [5.74, 6) is 1.56.